The summed E-state index contributed by atoms with van der Waals surface area (Å²) in [5.41, 5.74) is 12.1. The van der Waals surface area contributed by atoms with Gasteiger partial charge < -0.3 is 9.32 Å². The molecule has 0 saturated carbocycles. The summed E-state index contributed by atoms with van der Waals surface area (Å²) in [7, 11) is 0. The van der Waals surface area contributed by atoms with Gasteiger partial charge in [-0.3, -0.25) is 0 Å². The smallest absolute Gasteiger partial charge is 0.143 e. The molecule has 1 aromatic heterocycles. The molecule has 57 heavy (non-hydrogen) atoms. The summed E-state index contributed by atoms with van der Waals surface area (Å²) in [6.07, 6.45) is 5.58. The standard InChI is InChI=1S/C50H33NO.C5H8/c1-3-10-34(11-4-1)36-20-25-41(26-21-36)51(43-29-30-45-40(32-43)19-18-37-14-7-8-15-44(37)45)42-27-22-38(23-28-42)46-16-9-17-47-48-33-39(35-12-5-2-6-13-35)24-31-49(48)52-50(46)47;1-3-5-4-2/h1-33H;3-5H,1H2,2H3/b;5-4-. The van der Waals surface area contributed by atoms with Crippen LogP contribution >= 0.6 is 0 Å². The van der Waals surface area contributed by atoms with Crippen LogP contribution in [0.5, 0.6) is 0 Å². The van der Waals surface area contributed by atoms with Crippen LogP contribution in [0, 0.1) is 0 Å². The molecule has 272 valence electrons. The fourth-order valence-electron chi connectivity index (χ4n) is 7.78. The van der Waals surface area contributed by atoms with Crippen molar-refractivity contribution in [3.8, 4) is 33.4 Å². The van der Waals surface area contributed by atoms with E-state index in [2.05, 4.69) is 212 Å². The molecule has 0 aliphatic carbocycles. The van der Waals surface area contributed by atoms with Crippen LogP contribution in [-0.4, -0.2) is 0 Å². The molecule has 0 unspecified atom stereocenters. The fraction of sp³-hybridized carbons (Fsp3) is 0.0182. The molecule has 0 amide bonds. The molecule has 1 heterocycles. The summed E-state index contributed by atoms with van der Waals surface area (Å²) in [4.78, 5) is 2.35. The molecule has 2 nitrogen and oxygen atoms in total. The van der Waals surface area contributed by atoms with Gasteiger partial charge in [-0.1, -0.05) is 176 Å². The van der Waals surface area contributed by atoms with Crippen LogP contribution in [-0.2, 0) is 0 Å². The molecule has 0 aliphatic heterocycles. The molecular formula is C55H41NO. The first kappa shape index (κ1) is 35.3. The summed E-state index contributed by atoms with van der Waals surface area (Å²) in [6, 6.07) is 71.6. The highest BCUT2D eigenvalue weighted by Gasteiger charge is 2.17. The molecule has 0 N–H and O–H groups in total. The van der Waals surface area contributed by atoms with Gasteiger partial charge in [0.2, 0.25) is 0 Å². The highest BCUT2D eigenvalue weighted by Crippen LogP contribution is 2.41. The lowest BCUT2D eigenvalue weighted by Crippen LogP contribution is -2.09. The van der Waals surface area contributed by atoms with Crippen molar-refractivity contribution in [1.29, 1.82) is 0 Å². The van der Waals surface area contributed by atoms with Gasteiger partial charge >= 0.3 is 0 Å². The van der Waals surface area contributed by atoms with Gasteiger partial charge in [-0.05, 0) is 105 Å². The first-order valence-corrected chi connectivity index (χ1v) is 19.4. The Morgan fingerprint density at radius 2 is 0.982 bits per heavy atom. The van der Waals surface area contributed by atoms with Gasteiger partial charge in [-0.25, -0.2) is 0 Å². The molecule has 0 aliphatic rings. The van der Waals surface area contributed by atoms with E-state index in [1.165, 1.54) is 43.8 Å². The zero-order chi connectivity index (χ0) is 38.6. The van der Waals surface area contributed by atoms with E-state index in [1.54, 1.807) is 6.08 Å². The molecule has 0 bridgehead atoms. The Morgan fingerprint density at radius 1 is 0.421 bits per heavy atom. The third-order valence-electron chi connectivity index (χ3n) is 10.6. The molecular weight excluding hydrogens is 691 g/mol. The van der Waals surface area contributed by atoms with Crippen LogP contribution in [0.25, 0.3) is 76.9 Å². The van der Waals surface area contributed by atoms with E-state index >= 15 is 0 Å². The van der Waals surface area contributed by atoms with Crippen LogP contribution in [0.2, 0.25) is 0 Å². The van der Waals surface area contributed by atoms with Crippen molar-refractivity contribution < 1.29 is 4.42 Å². The van der Waals surface area contributed by atoms with Crippen molar-refractivity contribution >= 4 is 60.5 Å². The van der Waals surface area contributed by atoms with E-state index in [-0.39, 0.29) is 0 Å². The second-order valence-electron chi connectivity index (χ2n) is 14.1. The molecule has 9 aromatic carbocycles. The van der Waals surface area contributed by atoms with Crippen molar-refractivity contribution in [3.05, 3.63) is 225 Å². The number of para-hydroxylation sites is 1. The number of hydrogen-bond donors (Lipinski definition) is 0. The predicted molar refractivity (Wildman–Crippen MR) is 245 cm³/mol. The van der Waals surface area contributed by atoms with E-state index in [0.29, 0.717) is 0 Å². The molecule has 0 radical (unpaired) electrons. The lowest BCUT2D eigenvalue weighted by molar-refractivity contribution is 0.670. The summed E-state index contributed by atoms with van der Waals surface area (Å²) in [5, 5.41) is 7.24. The summed E-state index contributed by atoms with van der Waals surface area (Å²) >= 11 is 0. The average molecular weight is 732 g/mol. The zero-order valence-electron chi connectivity index (χ0n) is 31.8. The minimum absolute atomic E-state index is 0.896. The Kier molecular flexibility index (Phi) is 9.75. The highest BCUT2D eigenvalue weighted by atomic mass is 16.3. The molecule has 2 heteroatoms. The number of nitrogens with zero attached hydrogens (tertiary/aromatic N) is 1. The van der Waals surface area contributed by atoms with Gasteiger partial charge in [-0.2, -0.15) is 0 Å². The second kappa shape index (κ2) is 15.7. The molecule has 0 atom stereocenters. The van der Waals surface area contributed by atoms with E-state index < -0.39 is 0 Å². The van der Waals surface area contributed by atoms with Gasteiger partial charge in [0, 0.05) is 33.4 Å². The Bertz CT molecular complexity index is 3010. The molecule has 10 aromatic rings. The normalized spacial score (nSPS) is 11.2. The number of allylic oxidation sites excluding steroid dienone is 3. The molecule has 0 saturated heterocycles. The zero-order valence-corrected chi connectivity index (χ0v) is 31.8. The Hall–Kier alpha value is -7.42. The van der Waals surface area contributed by atoms with Crippen LogP contribution in [0.4, 0.5) is 17.1 Å². The van der Waals surface area contributed by atoms with Crippen molar-refractivity contribution in [3.63, 3.8) is 0 Å². The first-order valence-electron chi connectivity index (χ1n) is 19.4. The minimum Gasteiger partial charge on any atom is -0.455 e. The van der Waals surface area contributed by atoms with Gasteiger partial charge in [0.25, 0.3) is 0 Å². The maximum atomic E-state index is 6.55. The van der Waals surface area contributed by atoms with Crippen molar-refractivity contribution in [2.75, 3.05) is 4.90 Å². The SMILES string of the molecule is C=C/C=C\C.c1ccc(-c2ccc(N(c3ccc(-c4cccc5c4oc4ccc(-c6ccccc6)cc45)cc3)c3ccc4c(ccc5ccccc54)c3)cc2)cc1. The van der Waals surface area contributed by atoms with Gasteiger partial charge in [0.1, 0.15) is 11.2 Å². The summed E-state index contributed by atoms with van der Waals surface area (Å²) < 4.78 is 6.55. The van der Waals surface area contributed by atoms with Crippen LogP contribution < -0.4 is 4.90 Å². The quantitative estimate of drug-likeness (QED) is 0.120. The third kappa shape index (κ3) is 7.01. The van der Waals surface area contributed by atoms with E-state index in [9.17, 15) is 0 Å². The molecule has 10 rings (SSSR count). The minimum atomic E-state index is 0.896. The van der Waals surface area contributed by atoms with Gasteiger partial charge in [0.05, 0.1) is 0 Å². The Morgan fingerprint density at radius 3 is 1.67 bits per heavy atom. The maximum Gasteiger partial charge on any atom is 0.143 e. The summed E-state index contributed by atoms with van der Waals surface area (Å²) in [5.74, 6) is 0. The van der Waals surface area contributed by atoms with Crippen LogP contribution in [0.15, 0.2) is 229 Å². The topological polar surface area (TPSA) is 16.4 Å². The third-order valence-corrected chi connectivity index (χ3v) is 10.6. The van der Waals surface area contributed by atoms with Crippen molar-refractivity contribution in [1.82, 2.24) is 0 Å². The lowest BCUT2D eigenvalue weighted by Gasteiger charge is -2.26. The Labute approximate surface area is 333 Å². The largest absolute Gasteiger partial charge is 0.455 e. The molecule has 0 fully saturated rings. The summed E-state index contributed by atoms with van der Waals surface area (Å²) in [6.45, 7) is 5.42. The van der Waals surface area contributed by atoms with Gasteiger partial charge in [0.15, 0.2) is 0 Å². The predicted octanol–water partition coefficient (Wildman–Crippen LogP) is 16.1. The van der Waals surface area contributed by atoms with Crippen molar-refractivity contribution in [2.24, 2.45) is 0 Å². The van der Waals surface area contributed by atoms with E-state index in [1.807, 2.05) is 19.1 Å². The number of anilines is 3. The number of furan rings is 1. The average Bonchev–Trinajstić information content (AvgIpc) is 3.66. The monoisotopic (exact) mass is 731 g/mol. The highest BCUT2D eigenvalue weighted by molar-refractivity contribution is 6.11. The fourth-order valence-corrected chi connectivity index (χ4v) is 7.78. The Balaban J connectivity index is 0.000000798. The van der Waals surface area contributed by atoms with Crippen LogP contribution in [0.1, 0.15) is 6.92 Å². The maximum absolute atomic E-state index is 6.55. The number of rotatable bonds is 7. The number of fused-ring (bicyclic) bond motifs is 6. The molecule has 0 spiro atoms. The van der Waals surface area contributed by atoms with E-state index in [4.69, 9.17) is 4.42 Å². The van der Waals surface area contributed by atoms with Gasteiger partial charge in [-0.15, -0.1) is 0 Å². The first-order chi connectivity index (χ1) is 28.2. The second-order valence-corrected chi connectivity index (χ2v) is 14.1. The lowest BCUT2D eigenvalue weighted by atomic mass is 9.99. The van der Waals surface area contributed by atoms with Crippen molar-refractivity contribution in [2.45, 2.75) is 6.92 Å². The number of hydrogen-bond acceptors (Lipinski definition) is 2. The number of benzene rings is 9. The van der Waals surface area contributed by atoms with E-state index in [0.717, 1.165) is 50.1 Å². The van der Waals surface area contributed by atoms with Crippen LogP contribution in [0.3, 0.4) is 0 Å².